The lowest BCUT2D eigenvalue weighted by molar-refractivity contribution is 0.271. The summed E-state index contributed by atoms with van der Waals surface area (Å²) < 4.78 is 7.64. The minimum absolute atomic E-state index is 0.539. The molecule has 0 aliphatic rings. The molecule has 1 heterocycles. The van der Waals surface area contributed by atoms with Crippen LogP contribution in [0.4, 0.5) is 5.69 Å². The van der Waals surface area contributed by atoms with Gasteiger partial charge in [-0.05, 0) is 30.5 Å². The molecule has 4 heteroatoms. The van der Waals surface area contributed by atoms with E-state index in [1.165, 1.54) is 5.56 Å². The third-order valence-electron chi connectivity index (χ3n) is 2.94. The summed E-state index contributed by atoms with van der Waals surface area (Å²) >= 11 is 0. The van der Waals surface area contributed by atoms with E-state index in [0.717, 1.165) is 31.1 Å². The van der Waals surface area contributed by atoms with Crippen molar-refractivity contribution in [1.29, 1.82) is 0 Å². The molecule has 1 aromatic heterocycles. The zero-order valence-corrected chi connectivity index (χ0v) is 12.5. The summed E-state index contributed by atoms with van der Waals surface area (Å²) in [5, 5.41) is 7.61. The van der Waals surface area contributed by atoms with Gasteiger partial charge in [0.1, 0.15) is 5.75 Å². The Hall–Kier alpha value is -1.97. The van der Waals surface area contributed by atoms with Crippen molar-refractivity contribution in [1.82, 2.24) is 9.78 Å². The second kappa shape index (κ2) is 6.98. The summed E-state index contributed by atoms with van der Waals surface area (Å²) in [5.41, 5.74) is 2.25. The van der Waals surface area contributed by atoms with E-state index in [0.29, 0.717) is 5.92 Å². The van der Waals surface area contributed by atoms with Crippen LogP contribution >= 0.6 is 0 Å². The van der Waals surface area contributed by atoms with Crippen molar-refractivity contribution in [3.8, 4) is 5.75 Å². The normalized spacial score (nSPS) is 10.8. The van der Waals surface area contributed by atoms with Crippen LogP contribution in [0, 0.1) is 5.92 Å². The first-order valence-electron chi connectivity index (χ1n) is 7.15. The van der Waals surface area contributed by atoms with Gasteiger partial charge >= 0.3 is 0 Å². The molecule has 1 N–H and O–H groups in total. The van der Waals surface area contributed by atoms with Crippen molar-refractivity contribution in [2.24, 2.45) is 5.92 Å². The van der Waals surface area contributed by atoms with Crippen molar-refractivity contribution in [2.45, 2.75) is 33.9 Å². The molecule has 4 nitrogen and oxygen atoms in total. The molecule has 1 aromatic carbocycles. The SMILES string of the molecule is CCn1cc(NCc2cccc(OCC(C)C)c2)cn1. The van der Waals surface area contributed by atoms with Crippen LogP contribution < -0.4 is 10.1 Å². The molecule has 0 aliphatic heterocycles. The highest BCUT2D eigenvalue weighted by Crippen LogP contribution is 2.16. The molecule has 2 rings (SSSR count). The van der Waals surface area contributed by atoms with Crippen molar-refractivity contribution in [2.75, 3.05) is 11.9 Å². The maximum atomic E-state index is 5.74. The Balaban J connectivity index is 1.90. The summed E-state index contributed by atoms with van der Waals surface area (Å²) in [7, 11) is 0. The standard InChI is InChI=1S/C16H23N3O/c1-4-19-11-15(10-18-19)17-9-14-6-5-7-16(8-14)20-12-13(2)3/h5-8,10-11,13,17H,4,9,12H2,1-3H3. The first kappa shape index (κ1) is 14.4. The number of benzene rings is 1. The maximum absolute atomic E-state index is 5.74. The van der Waals surface area contributed by atoms with Crippen molar-refractivity contribution in [3.63, 3.8) is 0 Å². The predicted octanol–water partition coefficient (Wildman–Crippen LogP) is 3.55. The highest BCUT2D eigenvalue weighted by Gasteiger charge is 2.01. The number of hydrogen-bond donors (Lipinski definition) is 1. The van der Waals surface area contributed by atoms with Crippen LogP contribution in [0.1, 0.15) is 26.3 Å². The summed E-state index contributed by atoms with van der Waals surface area (Å²) in [4.78, 5) is 0. The van der Waals surface area contributed by atoms with Crippen LogP contribution in [-0.2, 0) is 13.1 Å². The number of hydrogen-bond acceptors (Lipinski definition) is 3. The minimum Gasteiger partial charge on any atom is -0.493 e. The van der Waals surface area contributed by atoms with Gasteiger partial charge in [0.05, 0.1) is 18.5 Å². The minimum atomic E-state index is 0.539. The molecule has 0 unspecified atom stereocenters. The first-order chi connectivity index (χ1) is 9.67. The zero-order chi connectivity index (χ0) is 14.4. The van der Waals surface area contributed by atoms with Gasteiger partial charge < -0.3 is 10.1 Å². The van der Waals surface area contributed by atoms with E-state index in [1.54, 1.807) is 0 Å². The molecule has 2 aromatic rings. The van der Waals surface area contributed by atoms with Crippen molar-refractivity contribution >= 4 is 5.69 Å². The lowest BCUT2D eigenvalue weighted by Crippen LogP contribution is -2.05. The summed E-state index contributed by atoms with van der Waals surface area (Å²) in [5.74, 6) is 1.47. The van der Waals surface area contributed by atoms with E-state index in [1.807, 2.05) is 29.2 Å². The Morgan fingerprint density at radius 2 is 2.20 bits per heavy atom. The highest BCUT2D eigenvalue weighted by molar-refractivity contribution is 5.40. The topological polar surface area (TPSA) is 39.1 Å². The molecule has 0 amide bonds. The molecule has 0 spiro atoms. The van der Waals surface area contributed by atoms with Gasteiger partial charge in [-0.15, -0.1) is 0 Å². The third kappa shape index (κ3) is 4.30. The molecule has 0 saturated carbocycles. The fourth-order valence-electron chi connectivity index (χ4n) is 1.84. The Bertz CT molecular complexity index is 534. The molecule has 0 bridgehead atoms. The van der Waals surface area contributed by atoms with Crippen LogP contribution in [0.3, 0.4) is 0 Å². The Morgan fingerprint density at radius 3 is 2.90 bits per heavy atom. The molecule has 20 heavy (non-hydrogen) atoms. The van der Waals surface area contributed by atoms with E-state index in [-0.39, 0.29) is 0 Å². The predicted molar refractivity (Wildman–Crippen MR) is 82.0 cm³/mol. The van der Waals surface area contributed by atoms with Gasteiger partial charge in [0.15, 0.2) is 0 Å². The van der Waals surface area contributed by atoms with E-state index >= 15 is 0 Å². The lowest BCUT2D eigenvalue weighted by Gasteiger charge is -2.10. The van der Waals surface area contributed by atoms with Crippen LogP contribution in [0.15, 0.2) is 36.7 Å². The van der Waals surface area contributed by atoms with Crippen molar-refractivity contribution in [3.05, 3.63) is 42.2 Å². The summed E-state index contributed by atoms with van der Waals surface area (Å²) in [6.45, 7) is 8.79. The van der Waals surface area contributed by atoms with Gasteiger partial charge in [-0.3, -0.25) is 4.68 Å². The number of anilines is 1. The van der Waals surface area contributed by atoms with Gasteiger partial charge in [0.2, 0.25) is 0 Å². The number of rotatable bonds is 7. The molecule has 0 radical (unpaired) electrons. The quantitative estimate of drug-likeness (QED) is 0.838. The molecule has 0 aliphatic carbocycles. The summed E-state index contributed by atoms with van der Waals surface area (Å²) in [6, 6.07) is 8.21. The monoisotopic (exact) mass is 273 g/mol. The average molecular weight is 273 g/mol. The number of aryl methyl sites for hydroxylation is 1. The maximum Gasteiger partial charge on any atom is 0.119 e. The average Bonchev–Trinajstić information content (AvgIpc) is 2.91. The Morgan fingerprint density at radius 1 is 1.35 bits per heavy atom. The molecule has 0 saturated heterocycles. The van der Waals surface area contributed by atoms with E-state index in [2.05, 4.69) is 43.3 Å². The first-order valence-corrected chi connectivity index (χ1v) is 7.15. The van der Waals surface area contributed by atoms with Gasteiger partial charge in [0, 0.05) is 19.3 Å². The van der Waals surface area contributed by atoms with Gasteiger partial charge in [-0.2, -0.15) is 5.10 Å². The van der Waals surface area contributed by atoms with Gasteiger partial charge in [0.25, 0.3) is 0 Å². The van der Waals surface area contributed by atoms with Crippen molar-refractivity contribution < 1.29 is 4.74 Å². The van der Waals surface area contributed by atoms with Crippen LogP contribution in [0.25, 0.3) is 0 Å². The number of nitrogens with zero attached hydrogens (tertiary/aromatic N) is 2. The third-order valence-corrected chi connectivity index (χ3v) is 2.94. The van der Waals surface area contributed by atoms with E-state index in [9.17, 15) is 0 Å². The number of ether oxygens (including phenoxy) is 1. The molecular formula is C16H23N3O. The van der Waals surface area contributed by atoms with Gasteiger partial charge in [-0.25, -0.2) is 0 Å². The number of aromatic nitrogens is 2. The fourth-order valence-corrected chi connectivity index (χ4v) is 1.84. The van der Waals surface area contributed by atoms with Crippen LogP contribution in [0.5, 0.6) is 5.75 Å². The van der Waals surface area contributed by atoms with Crippen LogP contribution in [0.2, 0.25) is 0 Å². The molecule has 0 atom stereocenters. The molecule has 0 fully saturated rings. The van der Waals surface area contributed by atoms with E-state index in [4.69, 9.17) is 4.74 Å². The second-order valence-electron chi connectivity index (χ2n) is 5.29. The zero-order valence-electron chi connectivity index (χ0n) is 12.5. The molecule has 108 valence electrons. The van der Waals surface area contributed by atoms with Gasteiger partial charge in [-0.1, -0.05) is 26.0 Å². The Kier molecular flexibility index (Phi) is 5.04. The summed E-state index contributed by atoms with van der Waals surface area (Å²) in [6.07, 6.45) is 3.86. The fraction of sp³-hybridized carbons (Fsp3) is 0.438. The largest absolute Gasteiger partial charge is 0.493 e. The van der Waals surface area contributed by atoms with E-state index < -0.39 is 0 Å². The van der Waals surface area contributed by atoms with Crippen LogP contribution in [-0.4, -0.2) is 16.4 Å². The molecular weight excluding hydrogens is 250 g/mol. The highest BCUT2D eigenvalue weighted by atomic mass is 16.5. The Labute approximate surface area is 120 Å². The smallest absolute Gasteiger partial charge is 0.119 e. The number of nitrogens with one attached hydrogen (secondary N) is 1. The lowest BCUT2D eigenvalue weighted by atomic mass is 10.2. The second-order valence-corrected chi connectivity index (χ2v) is 5.29.